The lowest BCUT2D eigenvalue weighted by atomic mass is 10.0. The van der Waals surface area contributed by atoms with E-state index in [4.69, 9.17) is 0 Å². The summed E-state index contributed by atoms with van der Waals surface area (Å²) in [5.41, 5.74) is 2.98. The van der Waals surface area contributed by atoms with Crippen LogP contribution in [0, 0.1) is 0 Å². The maximum atomic E-state index is 13.2. The van der Waals surface area contributed by atoms with Crippen LogP contribution in [0.5, 0.6) is 0 Å². The smallest absolute Gasteiger partial charge is 0.247 e. The minimum Gasteiger partial charge on any atom is -0.350 e. The summed E-state index contributed by atoms with van der Waals surface area (Å²) in [4.78, 5) is 27.4. The molecule has 30 heavy (non-hydrogen) atoms. The molecule has 1 atom stereocenters. The number of likely N-dealkylation sites (tertiary alicyclic amines) is 1. The maximum Gasteiger partial charge on any atom is 0.247 e. The van der Waals surface area contributed by atoms with E-state index in [9.17, 15) is 9.59 Å². The summed E-state index contributed by atoms with van der Waals surface area (Å²) in [6.07, 6.45) is 6.01. The van der Waals surface area contributed by atoms with Crippen LogP contribution in [0.25, 0.3) is 0 Å². The number of benzene rings is 2. The van der Waals surface area contributed by atoms with E-state index in [1.165, 1.54) is 0 Å². The van der Waals surface area contributed by atoms with Gasteiger partial charge in [0, 0.05) is 31.9 Å². The summed E-state index contributed by atoms with van der Waals surface area (Å²) >= 11 is 0. The summed E-state index contributed by atoms with van der Waals surface area (Å²) in [5.74, 6) is -0.0968. The fraction of sp³-hybridized carbons (Fsp3) is 0.292. The molecule has 1 N–H and O–H groups in total. The quantitative estimate of drug-likeness (QED) is 0.659. The molecule has 1 saturated heterocycles. The first-order chi connectivity index (χ1) is 14.7. The second kappa shape index (κ2) is 9.39. The van der Waals surface area contributed by atoms with Gasteiger partial charge in [-0.3, -0.25) is 14.3 Å². The van der Waals surface area contributed by atoms with Crippen molar-refractivity contribution < 1.29 is 9.59 Å². The van der Waals surface area contributed by atoms with Crippen molar-refractivity contribution in [3.63, 3.8) is 0 Å². The zero-order valence-electron chi connectivity index (χ0n) is 16.9. The number of carbonyl (C=O) groups excluding carboxylic acids is 2. The first-order valence-electron chi connectivity index (χ1n) is 10.4. The Bertz CT molecular complexity index is 985. The van der Waals surface area contributed by atoms with E-state index < -0.39 is 6.04 Å². The molecule has 6 nitrogen and oxygen atoms in total. The van der Waals surface area contributed by atoms with Gasteiger partial charge in [-0.1, -0.05) is 54.6 Å². The molecule has 3 aromatic rings. The second-order valence-electron chi connectivity index (χ2n) is 7.60. The number of amides is 2. The molecular weight excluding hydrogens is 376 g/mol. The van der Waals surface area contributed by atoms with Crippen molar-refractivity contribution in [2.24, 2.45) is 0 Å². The van der Waals surface area contributed by atoms with Gasteiger partial charge in [-0.15, -0.1) is 0 Å². The lowest BCUT2D eigenvalue weighted by Crippen LogP contribution is -2.45. The lowest BCUT2D eigenvalue weighted by molar-refractivity contribution is -0.142. The molecule has 1 aliphatic rings. The molecule has 6 heteroatoms. The van der Waals surface area contributed by atoms with E-state index >= 15 is 0 Å². The summed E-state index contributed by atoms with van der Waals surface area (Å²) in [6, 6.07) is 19.0. The predicted octanol–water partition coefficient (Wildman–Crippen LogP) is 3.30. The maximum absolute atomic E-state index is 13.2. The van der Waals surface area contributed by atoms with Gasteiger partial charge in [-0.25, -0.2) is 0 Å². The highest BCUT2D eigenvalue weighted by Crippen LogP contribution is 2.26. The van der Waals surface area contributed by atoms with Gasteiger partial charge in [0.1, 0.15) is 6.04 Å². The molecule has 2 aromatic carbocycles. The number of aromatic nitrogens is 2. The lowest BCUT2D eigenvalue weighted by Gasteiger charge is -2.34. The van der Waals surface area contributed by atoms with Crippen molar-refractivity contribution >= 4 is 11.8 Å². The van der Waals surface area contributed by atoms with Crippen molar-refractivity contribution in [1.82, 2.24) is 20.0 Å². The molecule has 1 aromatic heterocycles. The number of hydrogen-bond acceptors (Lipinski definition) is 3. The highest BCUT2D eigenvalue weighted by molar-refractivity contribution is 5.89. The van der Waals surface area contributed by atoms with E-state index in [0.29, 0.717) is 26.1 Å². The minimum absolute atomic E-state index is 0.0477. The van der Waals surface area contributed by atoms with Gasteiger partial charge in [0.25, 0.3) is 0 Å². The summed E-state index contributed by atoms with van der Waals surface area (Å²) in [7, 11) is 0. The van der Waals surface area contributed by atoms with Gasteiger partial charge in [0.05, 0.1) is 6.54 Å². The first kappa shape index (κ1) is 19.9. The van der Waals surface area contributed by atoms with Crippen LogP contribution in [-0.2, 0) is 22.7 Å². The average molecular weight is 402 g/mol. The van der Waals surface area contributed by atoms with E-state index in [1.54, 1.807) is 11.1 Å². The van der Waals surface area contributed by atoms with Gasteiger partial charge in [-0.2, -0.15) is 5.10 Å². The van der Waals surface area contributed by atoms with Gasteiger partial charge in [-0.05, 0) is 35.6 Å². The minimum atomic E-state index is -0.591. The van der Waals surface area contributed by atoms with Crippen molar-refractivity contribution in [2.75, 3.05) is 6.54 Å². The Morgan fingerprint density at radius 1 is 1.03 bits per heavy atom. The molecule has 4 rings (SSSR count). The van der Waals surface area contributed by atoms with Gasteiger partial charge in [0.2, 0.25) is 11.8 Å². The molecule has 1 aliphatic heterocycles. The number of carbonyl (C=O) groups is 2. The topological polar surface area (TPSA) is 67.2 Å². The van der Waals surface area contributed by atoms with Crippen LogP contribution in [-0.4, -0.2) is 33.0 Å². The Kier molecular flexibility index (Phi) is 6.23. The Morgan fingerprint density at radius 3 is 2.63 bits per heavy atom. The average Bonchev–Trinajstić information content (AvgIpc) is 3.28. The predicted molar refractivity (Wildman–Crippen MR) is 114 cm³/mol. The van der Waals surface area contributed by atoms with Crippen molar-refractivity contribution in [1.29, 1.82) is 0 Å². The molecule has 0 bridgehead atoms. The van der Waals surface area contributed by atoms with Crippen LogP contribution in [0.3, 0.4) is 0 Å². The molecule has 0 saturated carbocycles. The molecule has 2 amide bonds. The number of hydrogen-bond donors (Lipinski definition) is 1. The zero-order valence-corrected chi connectivity index (χ0v) is 16.9. The molecule has 2 heterocycles. The van der Waals surface area contributed by atoms with Crippen molar-refractivity contribution in [3.05, 3.63) is 89.7 Å². The molecular formula is C24H26N4O2. The summed E-state index contributed by atoms with van der Waals surface area (Å²) in [6.45, 7) is 1.71. The Balaban J connectivity index is 1.47. The molecule has 0 spiro atoms. The third-order valence-electron chi connectivity index (χ3n) is 5.40. The van der Waals surface area contributed by atoms with Crippen molar-refractivity contribution in [3.8, 4) is 0 Å². The first-order valence-corrected chi connectivity index (χ1v) is 10.4. The standard InChI is InChI=1S/C24H26N4O2/c29-22-12-4-5-15-28(22)23(21-10-2-1-3-11-21)24(30)25-17-19-8-6-9-20(16-19)18-27-14-7-13-26-27/h1-3,6-11,13-14,16,23H,4-5,12,15,17-18H2,(H,25,30). The Morgan fingerprint density at radius 2 is 1.87 bits per heavy atom. The number of nitrogens with one attached hydrogen (secondary N) is 1. The molecule has 154 valence electrons. The van der Waals surface area contributed by atoms with Crippen LogP contribution in [0.15, 0.2) is 73.1 Å². The third kappa shape index (κ3) is 4.76. The highest BCUT2D eigenvalue weighted by Gasteiger charge is 2.32. The summed E-state index contributed by atoms with van der Waals surface area (Å²) in [5, 5.41) is 7.29. The van der Waals surface area contributed by atoms with Crippen LogP contribution >= 0.6 is 0 Å². The monoisotopic (exact) mass is 402 g/mol. The Labute approximate surface area is 176 Å². The molecule has 0 radical (unpaired) electrons. The summed E-state index contributed by atoms with van der Waals surface area (Å²) < 4.78 is 1.87. The fourth-order valence-electron chi connectivity index (χ4n) is 3.91. The van der Waals surface area contributed by atoms with Gasteiger partial charge in [0.15, 0.2) is 0 Å². The Hall–Kier alpha value is -3.41. The normalized spacial score (nSPS) is 15.1. The van der Waals surface area contributed by atoms with Crippen LogP contribution in [0.1, 0.15) is 42.0 Å². The van der Waals surface area contributed by atoms with Gasteiger partial charge < -0.3 is 10.2 Å². The van der Waals surface area contributed by atoms with Crippen molar-refractivity contribution in [2.45, 2.75) is 38.4 Å². The number of piperidine rings is 1. The highest BCUT2D eigenvalue weighted by atomic mass is 16.2. The second-order valence-corrected chi connectivity index (χ2v) is 7.60. The SMILES string of the molecule is O=C(NCc1cccc(Cn2cccn2)c1)C(c1ccccc1)N1CCCCC1=O. The molecule has 0 aliphatic carbocycles. The molecule has 1 unspecified atom stereocenters. The van der Waals surface area contributed by atoms with E-state index in [0.717, 1.165) is 29.5 Å². The van der Waals surface area contributed by atoms with Crippen LogP contribution in [0.4, 0.5) is 0 Å². The van der Waals surface area contributed by atoms with E-state index in [-0.39, 0.29) is 11.8 Å². The fourth-order valence-corrected chi connectivity index (χ4v) is 3.91. The zero-order chi connectivity index (χ0) is 20.8. The number of rotatable bonds is 7. The van der Waals surface area contributed by atoms with Crippen LogP contribution < -0.4 is 5.32 Å². The van der Waals surface area contributed by atoms with E-state index in [2.05, 4.69) is 16.5 Å². The number of nitrogens with zero attached hydrogens (tertiary/aromatic N) is 3. The third-order valence-corrected chi connectivity index (χ3v) is 5.40. The van der Waals surface area contributed by atoms with Crippen LogP contribution in [0.2, 0.25) is 0 Å². The largest absolute Gasteiger partial charge is 0.350 e. The van der Waals surface area contributed by atoms with Gasteiger partial charge >= 0.3 is 0 Å². The molecule has 1 fully saturated rings. The van der Waals surface area contributed by atoms with E-state index in [1.807, 2.05) is 65.5 Å².